The molecular weight excluding hydrogens is 312 g/mol. The number of ether oxygens (including phenoxy) is 1. The van der Waals surface area contributed by atoms with E-state index in [1.165, 1.54) is 6.07 Å². The van der Waals surface area contributed by atoms with Crippen molar-refractivity contribution < 1.29 is 9.66 Å². The molecule has 102 valence electrons. The Morgan fingerprint density at radius 3 is 3.11 bits per heavy atom. The first-order valence-electron chi connectivity index (χ1n) is 6.03. The Morgan fingerprint density at radius 2 is 2.42 bits per heavy atom. The molecule has 19 heavy (non-hydrogen) atoms. The molecule has 0 spiro atoms. The zero-order valence-corrected chi connectivity index (χ0v) is 12.0. The average Bonchev–Trinajstić information content (AvgIpc) is 2.84. The van der Waals surface area contributed by atoms with E-state index in [0.29, 0.717) is 23.3 Å². The molecule has 1 aromatic rings. The van der Waals surface area contributed by atoms with E-state index < -0.39 is 0 Å². The van der Waals surface area contributed by atoms with Crippen molar-refractivity contribution in [3.8, 4) is 0 Å². The fraction of sp³-hybridized carbons (Fsp3) is 0.385. The van der Waals surface area contributed by atoms with Gasteiger partial charge in [0.25, 0.3) is 5.69 Å². The van der Waals surface area contributed by atoms with Gasteiger partial charge in [-0.2, -0.15) is 0 Å². The smallest absolute Gasteiger partial charge is 0.293 e. The topological polar surface area (TPSA) is 55.6 Å². The Balaban J connectivity index is 2.15. The normalized spacial score (nSPS) is 18.6. The van der Waals surface area contributed by atoms with Crippen LogP contribution in [-0.4, -0.2) is 30.7 Å². The van der Waals surface area contributed by atoms with Gasteiger partial charge < -0.3 is 9.64 Å². The van der Waals surface area contributed by atoms with E-state index in [1.807, 2.05) is 11.0 Å². The van der Waals surface area contributed by atoms with Crippen LogP contribution < -0.4 is 4.90 Å². The summed E-state index contributed by atoms with van der Waals surface area (Å²) in [4.78, 5) is 12.7. The third kappa shape index (κ3) is 3.33. The first-order valence-corrected chi connectivity index (χ1v) is 6.82. The van der Waals surface area contributed by atoms with Gasteiger partial charge in [0.05, 0.1) is 17.6 Å². The molecule has 1 unspecified atom stereocenters. The molecule has 0 bridgehead atoms. The van der Waals surface area contributed by atoms with E-state index in [2.05, 4.69) is 22.5 Å². The number of nitro groups is 1. The van der Waals surface area contributed by atoms with Crippen molar-refractivity contribution in [3.63, 3.8) is 0 Å². The maximum Gasteiger partial charge on any atom is 0.293 e. The largest absolute Gasteiger partial charge is 0.372 e. The molecule has 5 nitrogen and oxygen atoms in total. The van der Waals surface area contributed by atoms with Gasteiger partial charge in [0.1, 0.15) is 5.69 Å². The summed E-state index contributed by atoms with van der Waals surface area (Å²) in [6.07, 6.45) is 2.70. The van der Waals surface area contributed by atoms with E-state index in [-0.39, 0.29) is 16.7 Å². The number of benzene rings is 1. The van der Waals surface area contributed by atoms with Crippen molar-refractivity contribution in [2.75, 3.05) is 24.6 Å². The first kappa shape index (κ1) is 14.0. The van der Waals surface area contributed by atoms with Crippen LogP contribution in [0.4, 0.5) is 11.4 Å². The molecule has 0 radical (unpaired) electrons. The van der Waals surface area contributed by atoms with Crippen LogP contribution in [0.25, 0.3) is 0 Å². The maximum atomic E-state index is 11.1. The monoisotopic (exact) mass is 326 g/mol. The van der Waals surface area contributed by atoms with Crippen LogP contribution in [0.5, 0.6) is 0 Å². The van der Waals surface area contributed by atoms with E-state index in [4.69, 9.17) is 4.74 Å². The highest BCUT2D eigenvalue weighted by Gasteiger charge is 2.27. The van der Waals surface area contributed by atoms with Gasteiger partial charge in [-0.1, -0.05) is 22.0 Å². The van der Waals surface area contributed by atoms with Crippen molar-refractivity contribution >= 4 is 27.3 Å². The predicted octanol–water partition coefficient (Wildman–Crippen LogP) is 3.14. The second-order valence-electron chi connectivity index (χ2n) is 4.37. The van der Waals surface area contributed by atoms with Gasteiger partial charge in [-0.25, -0.2) is 0 Å². The minimum absolute atomic E-state index is 0.112. The van der Waals surface area contributed by atoms with Crippen LogP contribution in [0.2, 0.25) is 0 Å². The average molecular weight is 327 g/mol. The van der Waals surface area contributed by atoms with Crippen LogP contribution in [0.15, 0.2) is 35.3 Å². The van der Waals surface area contributed by atoms with Gasteiger partial charge in [0.2, 0.25) is 0 Å². The van der Waals surface area contributed by atoms with Crippen molar-refractivity contribution in [1.29, 1.82) is 0 Å². The third-order valence-corrected chi connectivity index (χ3v) is 3.56. The van der Waals surface area contributed by atoms with Crippen molar-refractivity contribution in [3.05, 3.63) is 45.4 Å². The summed E-state index contributed by atoms with van der Waals surface area (Å²) in [6.45, 7) is 5.57. The Bertz CT molecular complexity index is 493. The fourth-order valence-electron chi connectivity index (χ4n) is 2.20. The van der Waals surface area contributed by atoms with Crippen LogP contribution in [0, 0.1) is 10.1 Å². The maximum absolute atomic E-state index is 11.1. The highest BCUT2D eigenvalue weighted by molar-refractivity contribution is 9.10. The minimum Gasteiger partial charge on any atom is -0.372 e. The van der Waals surface area contributed by atoms with Gasteiger partial charge >= 0.3 is 0 Å². The number of hydrogen-bond acceptors (Lipinski definition) is 4. The molecule has 1 heterocycles. The van der Waals surface area contributed by atoms with E-state index in [9.17, 15) is 10.1 Å². The summed E-state index contributed by atoms with van der Waals surface area (Å²) < 4.78 is 6.30. The molecule has 6 heteroatoms. The van der Waals surface area contributed by atoms with Crippen molar-refractivity contribution in [1.82, 2.24) is 0 Å². The lowest BCUT2D eigenvalue weighted by Gasteiger charge is -2.18. The molecule has 1 aliphatic rings. The summed E-state index contributed by atoms with van der Waals surface area (Å²) >= 11 is 3.26. The lowest BCUT2D eigenvalue weighted by atomic mass is 10.2. The number of halogens is 1. The van der Waals surface area contributed by atoms with Gasteiger partial charge in [0.15, 0.2) is 0 Å². The van der Waals surface area contributed by atoms with E-state index in [1.54, 1.807) is 12.1 Å². The Morgan fingerprint density at radius 1 is 1.63 bits per heavy atom. The highest BCUT2D eigenvalue weighted by atomic mass is 79.9. The summed E-state index contributed by atoms with van der Waals surface area (Å²) in [7, 11) is 0. The first-order chi connectivity index (χ1) is 9.11. The second-order valence-corrected chi connectivity index (χ2v) is 5.28. The highest BCUT2D eigenvalue weighted by Crippen LogP contribution is 2.33. The standard InChI is InChI=1S/C13H15BrN2O3/c1-2-7-19-11-5-6-15(9-11)12-4-3-10(14)8-13(12)16(17)18/h2-4,8,11H,1,5-7,9H2. The Hall–Kier alpha value is -1.40. The number of rotatable bonds is 5. The Labute approximate surface area is 120 Å². The predicted molar refractivity (Wildman–Crippen MR) is 77.6 cm³/mol. The van der Waals surface area contributed by atoms with Crippen LogP contribution >= 0.6 is 15.9 Å². The van der Waals surface area contributed by atoms with Crippen molar-refractivity contribution in [2.45, 2.75) is 12.5 Å². The molecule has 1 aliphatic heterocycles. The quantitative estimate of drug-likeness (QED) is 0.474. The van der Waals surface area contributed by atoms with E-state index in [0.717, 1.165) is 13.0 Å². The summed E-state index contributed by atoms with van der Waals surface area (Å²) in [5.74, 6) is 0. The zero-order valence-electron chi connectivity index (χ0n) is 10.4. The minimum atomic E-state index is -0.349. The molecule has 2 rings (SSSR count). The molecule has 1 fully saturated rings. The molecule has 0 amide bonds. The van der Waals surface area contributed by atoms with Gasteiger partial charge in [-0.15, -0.1) is 6.58 Å². The van der Waals surface area contributed by atoms with Gasteiger partial charge in [0, 0.05) is 23.6 Å². The Kier molecular flexibility index (Phi) is 4.55. The summed E-state index contributed by atoms with van der Waals surface area (Å²) in [5.41, 5.74) is 0.775. The van der Waals surface area contributed by atoms with Crippen LogP contribution in [0.3, 0.4) is 0 Å². The fourth-order valence-corrected chi connectivity index (χ4v) is 2.55. The second kappa shape index (κ2) is 6.16. The van der Waals surface area contributed by atoms with Gasteiger partial charge in [-0.3, -0.25) is 10.1 Å². The number of nitrogens with zero attached hydrogens (tertiary/aromatic N) is 2. The third-order valence-electron chi connectivity index (χ3n) is 3.07. The molecule has 0 aliphatic carbocycles. The van der Waals surface area contributed by atoms with Crippen LogP contribution in [0.1, 0.15) is 6.42 Å². The zero-order chi connectivity index (χ0) is 13.8. The SMILES string of the molecule is C=CCOC1CCN(c2ccc(Br)cc2[N+](=O)[O-])C1. The molecule has 0 N–H and O–H groups in total. The lowest BCUT2D eigenvalue weighted by Crippen LogP contribution is -2.23. The number of hydrogen-bond donors (Lipinski definition) is 0. The van der Waals surface area contributed by atoms with Gasteiger partial charge in [-0.05, 0) is 18.6 Å². The summed E-state index contributed by atoms with van der Waals surface area (Å²) in [5, 5.41) is 11.1. The molecule has 1 saturated heterocycles. The summed E-state index contributed by atoms with van der Waals surface area (Å²) in [6, 6.07) is 5.13. The molecule has 1 atom stereocenters. The molecule has 0 saturated carbocycles. The number of nitro benzene ring substituents is 1. The van der Waals surface area contributed by atoms with Crippen molar-refractivity contribution in [2.24, 2.45) is 0 Å². The van der Waals surface area contributed by atoms with Crippen LogP contribution in [-0.2, 0) is 4.74 Å². The molecule has 1 aromatic carbocycles. The molecule has 0 aromatic heterocycles. The molecular formula is C13H15BrN2O3. The van der Waals surface area contributed by atoms with E-state index >= 15 is 0 Å². The number of anilines is 1. The lowest BCUT2D eigenvalue weighted by molar-refractivity contribution is -0.384.